The predicted octanol–water partition coefficient (Wildman–Crippen LogP) is 4.19. The minimum atomic E-state index is -1.23. The molecule has 2 amide bonds. The van der Waals surface area contributed by atoms with E-state index in [1.807, 2.05) is 24.3 Å². The Bertz CT molecular complexity index is 1350. The van der Waals surface area contributed by atoms with E-state index in [1.165, 1.54) is 4.90 Å². The summed E-state index contributed by atoms with van der Waals surface area (Å²) in [6, 6.07) is 10.9. The number of carbonyl (C=O) groups is 2. The van der Waals surface area contributed by atoms with Crippen LogP contribution in [0.4, 0.5) is 16.3 Å². The first kappa shape index (κ1) is 28.1. The van der Waals surface area contributed by atoms with Crippen LogP contribution in [0.2, 0.25) is 25.7 Å². The van der Waals surface area contributed by atoms with Crippen molar-refractivity contribution in [3.8, 4) is 11.3 Å². The smallest absolute Gasteiger partial charge is 0.407 e. The predicted molar refractivity (Wildman–Crippen MR) is 156 cm³/mol. The van der Waals surface area contributed by atoms with E-state index in [2.05, 4.69) is 50.5 Å². The largest absolute Gasteiger partial charge is 0.465 e. The highest BCUT2D eigenvalue weighted by Crippen LogP contribution is 2.33. The Morgan fingerprint density at radius 3 is 2.55 bits per heavy atom. The summed E-state index contributed by atoms with van der Waals surface area (Å²) in [4.78, 5) is 36.7. The molecule has 0 saturated carbocycles. The number of likely N-dealkylation sites (tertiary alicyclic amines) is 1. The molecular formula is C28H38N6O5Si. The van der Waals surface area contributed by atoms with Gasteiger partial charge in [-0.1, -0.05) is 31.8 Å². The molecule has 0 spiro atoms. The molecule has 40 heavy (non-hydrogen) atoms. The van der Waals surface area contributed by atoms with Gasteiger partial charge in [-0.15, -0.1) is 0 Å². The lowest BCUT2D eigenvalue weighted by atomic mass is 10.1. The number of nitrogens with one attached hydrogen (secondary N) is 1. The van der Waals surface area contributed by atoms with Crippen LogP contribution in [-0.2, 0) is 21.0 Å². The van der Waals surface area contributed by atoms with Crippen molar-refractivity contribution in [1.82, 2.24) is 19.4 Å². The Kier molecular flexibility index (Phi) is 8.38. The van der Waals surface area contributed by atoms with Crippen molar-refractivity contribution in [2.75, 3.05) is 56.2 Å². The van der Waals surface area contributed by atoms with E-state index < -0.39 is 14.2 Å². The van der Waals surface area contributed by atoms with Gasteiger partial charge < -0.3 is 34.3 Å². The van der Waals surface area contributed by atoms with Crippen molar-refractivity contribution >= 4 is 42.6 Å². The molecule has 2 aliphatic heterocycles. The lowest BCUT2D eigenvalue weighted by Crippen LogP contribution is -2.36. The van der Waals surface area contributed by atoms with Crippen LogP contribution in [0.3, 0.4) is 0 Å². The van der Waals surface area contributed by atoms with E-state index in [-0.39, 0.29) is 18.4 Å². The van der Waals surface area contributed by atoms with Gasteiger partial charge in [0.15, 0.2) is 0 Å². The van der Waals surface area contributed by atoms with Gasteiger partial charge in [0.25, 0.3) is 0 Å². The number of morpholine rings is 1. The zero-order valence-electron chi connectivity index (χ0n) is 23.4. The number of nitrogens with zero attached hydrogens (tertiary/aromatic N) is 5. The highest BCUT2D eigenvalue weighted by Gasteiger charge is 2.31. The molecule has 2 fully saturated rings. The summed E-state index contributed by atoms with van der Waals surface area (Å²) in [6.45, 7) is 11.6. The lowest BCUT2D eigenvalue weighted by molar-refractivity contribution is -0.119. The molecule has 2 aromatic heterocycles. The van der Waals surface area contributed by atoms with Crippen molar-refractivity contribution in [2.24, 2.45) is 5.92 Å². The zero-order valence-corrected chi connectivity index (χ0v) is 24.4. The Morgan fingerprint density at radius 1 is 1.12 bits per heavy atom. The van der Waals surface area contributed by atoms with Crippen molar-refractivity contribution in [2.45, 2.75) is 38.8 Å². The molecule has 11 nitrogen and oxygen atoms in total. The Balaban J connectivity index is 1.39. The number of ether oxygens (including phenoxy) is 2. The first-order valence-electron chi connectivity index (χ1n) is 13.8. The van der Waals surface area contributed by atoms with E-state index in [1.54, 1.807) is 6.33 Å². The first-order chi connectivity index (χ1) is 19.2. The first-order valence-corrected chi connectivity index (χ1v) is 17.5. The molecule has 5 rings (SSSR count). The molecular weight excluding hydrogens is 528 g/mol. The topological polar surface area (TPSA) is 122 Å². The molecule has 1 atom stereocenters. The normalized spacial score (nSPS) is 17.9. The van der Waals surface area contributed by atoms with Crippen LogP contribution in [-0.4, -0.2) is 90.6 Å². The average molecular weight is 567 g/mol. The maximum Gasteiger partial charge on any atom is 0.407 e. The summed E-state index contributed by atoms with van der Waals surface area (Å²) < 4.78 is 13.8. The minimum absolute atomic E-state index is 0.160. The van der Waals surface area contributed by atoms with Gasteiger partial charge in [-0.2, -0.15) is 0 Å². The number of hydrogen-bond donors (Lipinski definition) is 2. The fourth-order valence-corrected chi connectivity index (χ4v) is 5.85. The zero-order chi connectivity index (χ0) is 28.3. The third-order valence-electron chi connectivity index (χ3n) is 7.47. The number of rotatable bonds is 9. The molecule has 3 aromatic rings. The van der Waals surface area contributed by atoms with Crippen molar-refractivity contribution < 1.29 is 24.2 Å². The molecule has 1 aromatic carbocycles. The second-order valence-corrected chi connectivity index (χ2v) is 17.2. The summed E-state index contributed by atoms with van der Waals surface area (Å²) in [7, 11) is -1.23. The molecule has 2 saturated heterocycles. The van der Waals surface area contributed by atoms with Crippen molar-refractivity contribution in [3.63, 3.8) is 0 Å². The maximum absolute atomic E-state index is 12.7. The molecule has 12 heteroatoms. The van der Waals surface area contributed by atoms with Gasteiger partial charge in [0.2, 0.25) is 5.91 Å². The average Bonchev–Trinajstić information content (AvgIpc) is 3.57. The van der Waals surface area contributed by atoms with Crippen LogP contribution in [0.25, 0.3) is 22.3 Å². The maximum atomic E-state index is 12.7. The van der Waals surface area contributed by atoms with Gasteiger partial charge in [-0.05, 0) is 36.2 Å². The number of carboxylic acid groups (broad SMARTS) is 1. The molecule has 0 aliphatic carbocycles. The fourth-order valence-electron chi connectivity index (χ4n) is 5.10. The number of hydrogen-bond acceptors (Lipinski definition) is 7. The minimum Gasteiger partial charge on any atom is -0.465 e. The third kappa shape index (κ3) is 6.45. The van der Waals surface area contributed by atoms with E-state index in [0.29, 0.717) is 45.2 Å². The van der Waals surface area contributed by atoms with Crippen LogP contribution in [0.1, 0.15) is 6.42 Å². The van der Waals surface area contributed by atoms with Crippen molar-refractivity contribution in [1.29, 1.82) is 0 Å². The molecule has 4 heterocycles. The number of amides is 2. The third-order valence-corrected chi connectivity index (χ3v) is 9.18. The van der Waals surface area contributed by atoms with Gasteiger partial charge in [-0.25, -0.2) is 14.8 Å². The lowest BCUT2D eigenvalue weighted by Gasteiger charge is -2.28. The Morgan fingerprint density at radius 2 is 1.88 bits per heavy atom. The summed E-state index contributed by atoms with van der Waals surface area (Å²) in [5.41, 5.74) is 3.42. The van der Waals surface area contributed by atoms with E-state index >= 15 is 0 Å². The Labute approximate surface area is 235 Å². The quantitative estimate of drug-likeness (QED) is 0.292. The van der Waals surface area contributed by atoms with Crippen LogP contribution in [0, 0.1) is 5.92 Å². The summed E-state index contributed by atoms with van der Waals surface area (Å²) >= 11 is 0. The van der Waals surface area contributed by atoms with Gasteiger partial charge in [0.05, 0.1) is 30.2 Å². The second kappa shape index (κ2) is 11.9. The van der Waals surface area contributed by atoms with Gasteiger partial charge >= 0.3 is 6.09 Å². The van der Waals surface area contributed by atoms with E-state index in [4.69, 9.17) is 9.47 Å². The van der Waals surface area contributed by atoms with Gasteiger partial charge in [-0.3, -0.25) is 4.79 Å². The number of benzene rings is 1. The summed E-state index contributed by atoms with van der Waals surface area (Å²) in [5.74, 6) is 0.391. The highest BCUT2D eigenvalue weighted by molar-refractivity contribution is 6.76. The van der Waals surface area contributed by atoms with Crippen LogP contribution < -0.4 is 10.2 Å². The molecule has 1 unspecified atom stereocenters. The number of anilines is 2. The summed E-state index contributed by atoms with van der Waals surface area (Å²) in [6.07, 6.45) is 1.16. The monoisotopic (exact) mass is 566 g/mol. The SMILES string of the molecule is C[Si](C)(C)CCOCn1c(-c2ccc(NC(=O)C3CCN(C(=O)O)C3)cc2)cc2c(N3CCOCC3)ncnc21. The van der Waals surface area contributed by atoms with Gasteiger partial charge in [0.1, 0.15) is 24.5 Å². The number of carbonyl (C=O) groups excluding carboxylic acids is 1. The molecule has 0 bridgehead atoms. The fraction of sp³-hybridized carbons (Fsp3) is 0.500. The molecule has 214 valence electrons. The molecule has 2 aliphatic rings. The Hall–Kier alpha value is -3.48. The highest BCUT2D eigenvalue weighted by atomic mass is 28.3. The standard InChI is InChI=1S/C28H38N6O5Si/c1-40(2,3)15-14-39-19-34-24(16-23-25(29-18-30-26(23)34)32-10-12-38-13-11-32)20-4-6-22(7-5-20)31-27(35)21-8-9-33(17-21)28(36)37/h4-7,16,18,21H,8-15,17,19H2,1-3H3,(H,31,35)(H,36,37). The van der Waals surface area contributed by atoms with Crippen LogP contribution >= 0.6 is 0 Å². The van der Waals surface area contributed by atoms with E-state index in [9.17, 15) is 14.7 Å². The van der Waals surface area contributed by atoms with Crippen molar-refractivity contribution in [3.05, 3.63) is 36.7 Å². The number of fused-ring (bicyclic) bond motifs is 1. The van der Waals surface area contributed by atoms with E-state index in [0.717, 1.165) is 47.2 Å². The second-order valence-electron chi connectivity index (χ2n) is 11.6. The van der Waals surface area contributed by atoms with Gasteiger partial charge in [0, 0.05) is 46.5 Å². The number of aromatic nitrogens is 3. The molecule has 2 N–H and O–H groups in total. The molecule has 0 radical (unpaired) electrons. The van der Waals surface area contributed by atoms with Crippen LogP contribution in [0.15, 0.2) is 36.7 Å². The van der Waals surface area contributed by atoms with Crippen LogP contribution in [0.5, 0.6) is 0 Å². The summed E-state index contributed by atoms with van der Waals surface area (Å²) in [5, 5.41) is 13.1.